The van der Waals surface area contributed by atoms with E-state index in [9.17, 15) is 14.4 Å². The molecule has 3 heterocycles. The summed E-state index contributed by atoms with van der Waals surface area (Å²) in [5, 5.41) is 6.20. The molecule has 0 aromatic heterocycles. The largest absolute Gasteiger partial charge is 0.324 e. The van der Waals surface area contributed by atoms with Crippen LogP contribution in [0.1, 0.15) is 18.1 Å². The number of nitrogens with zero attached hydrogens (tertiary/aromatic N) is 1. The molecule has 2 fully saturated rings. The van der Waals surface area contributed by atoms with E-state index in [0.29, 0.717) is 18.7 Å². The molecule has 2 N–H and O–H groups in total. The number of carbonyl (C=O) groups is 3. The molecule has 1 spiro atoms. The quantitative estimate of drug-likeness (QED) is 0.800. The van der Waals surface area contributed by atoms with E-state index in [2.05, 4.69) is 10.6 Å². The van der Waals surface area contributed by atoms with Crippen LogP contribution >= 0.6 is 0 Å². The lowest BCUT2D eigenvalue weighted by atomic mass is 9.76. The van der Waals surface area contributed by atoms with Crippen molar-refractivity contribution in [2.24, 2.45) is 11.8 Å². The lowest BCUT2D eigenvalue weighted by Gasteiger charge is -2.29. The maximum Gasteiger partial charge on any atom is 0.250 e. The van der Waals surface area contributed by atoms with E-state index < -0.39 is 17.4 Å². The number of rotatable bonds is 3. The van der Waals surface area contributed by atoms with Gasteiger partial charge in [0.05, 0.1) is 11.8 Å². The molecule has 2 saturated heterocycles. The smallest absolute Gasteiger partial charge is 0.250 e. The molecule has 2 aromatic rings. The maximum atomic E-state index is 13.4. The Morgan fingerprint density at radius 1 is 0.964 bits per heavy atom. The van der Waals surface area contributed by atoms with Gasteiger partial charge in [0, 0.05) is 23.8 Å². The van der Waals surface area contributed by atoms with Crippen molar-refractivity contribution in [3.63, 3.8) is 0 Å². The summed E-state index contributed by atoms with van der Waals surface area (Å²) in [7, 11) is 0. The Hall–Kier alpha value is -2.99. The van der Waals surface area contributed by atoms with Crippen molar-refractivity contribution in [2.75, 3.05) is 11.9 Å². The van der Waals surface area contributed by atoms with Gasteiger partial charge in [0.15, 0.2) is 0 Å². The number of fused-ring (bicyclic) bond motifs is 4. The first-order chi connectivity index (χ1) is 13.5. The third-order valence-corrected chi connectivity index (χ3v) is 6.33. The van der Waals surface area contributed by atoms with E-state index in [1.165, 1.54) is 4.90 Å². The molecule has 0 saturated carbocycles. The summed E-state index contributed by atoms with van der Waals surface area (Å²) >= 11 is 0. The minimum absolute atomic E-state index is 0.181. The van der Waals surface area contributed by atoms with Crippen molar-refractivity contribution in [3.05, 3.63) is 65.7 Å². The molecule has 28 heavy (non-hydrogen) atoms. The number of anilines is 1. The maximum absolute atomic E-state index is 13.4. The summed E-state index contributed by atoms with van der Waals surface area (Å²) in [6.45, 7) is 2.22. The van der Waals surface area contributed by atoms with Crippen LogP contribution in [0.5, 0.6) is 0 Å². The molecular formula is C22H21N3O3. The lowest BCUT2D eigenvalue weighted by molar-refractivity contribution is -0.142. The summed E-state index contributed by atoms with van der Waals surface area (Å²) in [6, 6.07) is 16.9. The number of para-hydroxylation sites is 1. The van der Waals surface area contributed by atoms with Gasteiger partial charge in [-0.15, -0.1) is 0 Å². The highest BCUT2D eigenvalue weighted by Crippen LogP contribution is 2.52. The Kier molecular flexibility index (Phi) is 3.67. The van der Waals surface area contributed by atoms with Crippen LogP contribution in [-0.2, 0) is 26.3 Å². The molecule has 6 nitrogen and oxygen atoms in total. The van der Waals surface area contributed by atoms with E-state index in [1.807, 2.05) is 61.5 Å². The van der Waals surface area contributed by atoms with Crippen LogP contribution in [0, 0.1) is 11.8 Å². The van der Waals surface area contributed by atoms with Crippen LogP contribution in [0.3, 0.4) is 0 Å². The Morgan fingerprint density at radius 2 is 1.68 bits per heavy atom. The number of amides is 3. The second kappa shape index (κ2) is 6.01. The number of nitrogens with one attached hydrogen (secondary N) is 2. The summed E-state index contributed by atoms with van der Waals surface area (Å²) < 4.78 is 0. The molecule has 3 aliphatic rings. The van der Waals surface area contributed by atoms with Gasteiger partial charge < -0.3 is 5.32 Å². The monoisotopic (exact) mass is 375 g/mol. The number of likely N-dealkylation sites (tertiary alicyclic amines) is 1. The average Bonchev–Trinajstić information content (AvgIpc) is 3.26. The molecule has 5 rings (SSSR count). The molecule has 142 valence electrons. The molecule has 0 bridgehead atoms. The van der Waals surface area contributed by atoms with Gasteiger partial charge >= 0.3 is 0 Å². The highest BCUT2D eigenvalue weighted by Gasteiger charge is 2.69. The van der Waals surface area contributed by atoms with Crippen molar-refractivity contribution in [2.45, 2.75) is 24.9 Å². The summed E-state index contributed by atoms with van der Waals surface area (Å²) in [6.07, 6.45) is 0.607. The zero-order valence-corrected chi connectivity index (χ0v) is 15.5. The molecule has 2 unspecified atom stereocenters. The molecular weight excluding hydrogens is 354 g/mol. The van der Waals surface area contributed by atoms with Gasteiger partial charge in [0.1, 0.15) is 5.54 Å². The highest BCUT2D eigenvalue weighted by atomic mass is 16.2. The topological polar surface area (TPSA) is 78.5 Å². The van der Waals surface area contributed by atoms with Crippen molar-refractivity contribution < 1.29 is 14.4 Å². The van der Waals surface area contributed by atoms with Crippen LogP contribution in [0.15, 0.2) is 54.6 Å². The zero-order chi connectivity index (χ0) is 19.5. The van der Waals surface area contributed by atoms with E-state index in [0.717, 1.165) is 11.1 Å². The zero-order valence-electron chi connectivity index (χ0n) is 15.5. The average molecular weight is 375 g/mol. The van der Waals surface area contributed by atoms with E-state index in [1.54, 1.807) is 0 Å². The van der Waals surface area contributed by atoms with Gasteiger partial charge in [0.25, 0.3) is 0 Å². The van der Waals surface area contributed by atoms with Gasteiger partial charge in [-0.1, -0.05) is 48.5 Å². The normalized spacial score (nSPS) is 30.7. The standard InChI is InChI=1S/C22H21N3O3/c1-13-17-18(22(24-13)15-9-5-6-10-16(15)23-21(22)28)20(27)25(19(17)26)12-11-14-7-3-2-4-8-14/h2-10,13,17-18,24H,11-12H2,1H3,(H,23,28)/t13?,17-,18+,22?/m1/s1. The van der Waals surface area contributed by atoms with Crippen LogP contribution in [0.25, 0.3) is 0 Å². The fourth-order valence-electron chi connectivity index (χ4n) is 5.09. The Balaban J connectivity index is 1.50. The number of hydrogen-bond donors (Lipinski definition) is 2. The van der Waals surface area contributed by atoms with Crippen molar-refractivity contribution >= 4 is 23.4 Å². The fourth-order valence-corrected chi connectivity index (χ4v) is 5.09. The third kappa shape index (κ3) is 2.15. The molecule has 0 radical (unpaired) electrons. The summed E-state index contributed by atoms with van der Waals surface area (Å²) in [4.78, 5) is 40.9. The minimum atomic E-state index is -1.17. The van der Waals surface area contributed by atoms with Crippen LogP contribution < -0.4 is 10.6 Å². The minimum Gasteiger partial charge on any atom is -0.324 e. The highest BCUT2D eigenvalue weighted by molar-refractivity contribution is 6.15. The molecule has 0 aliphatic carbocycles. The predicted molar refractivity (Wildman–Crippen MR) is 103 cm³/mol. The number of imide groups is 1. The SMILES string of the molecule is CC1NC2(C(=O)Nc3ccccc32)[C@@H]2C(=O)N(CCc3ccccc3)C(=O)[C@H]12. The van der Waals surface area contributed by atoms with Crippen LogP contribution in [0.2, 0.25) is 0 Å². The fraction of sp³-hybridized carbons (Fsp3) is 0.318. The Morgan fingerprint density at radius 3 is 2.46 bits per heavy atom. The van der Waals surface area contributed by atoms with Gasteiger partial charge in [-0.2, -0.15) is 0 Å². The summed E-state index contributed by atoms with van der Waals surface area (Å²) in [5.74, 6) is -1.93. The van der Waals surface area contributed by atoms with Gasteiger partial charge in [0.2, 0.25) is 17.7 Å². The van der Waals surface area contributed by atoms with Crippen molar-refractivity contribution in [1.82, 2.24) is 10.2 Å². The number of benzene rings is 2. The first-order valence-electron chi connectivity index (χ1n) is 9.62. The van der Waals surface area contributed by atoms with E-state index in [-0.39, 0.29) is 23.8 Å². The molecule has 3 aliphatic heterocycles. The summed E-state index contributed by atoms with van der Waals surface area (Å²) in [5.41, 5.74) is 1.36. The number of hydrogen-bond acceptors (Lipinski definition) is 4. The van der Waals surface area contributed by atoms with Gasteiger partial charge in [-0.05, 0) is 25.0 Å². The van der Waals surface area contributed by atoms with Crippen LogP contribution in [0.4, 0.5) is 5.69 Å². The second-order valence-electron chi connectivity index (χ2n) is 7.81. The van der Waals surface area contributed by atoms with Crippen LogP contribution in [-0.4, -0.2) is 35.2 Å². The molecule has 3 amide bonds. The van der Waals surface area contributed by atoms with Crippen molar-refractivity contribution in [1.29, 1.82) is 0 Å². The second-order valence-corrected chi connectivity index (χ2v) is 7.81. The third-order valence-electron chi connectivity index (χ3n) is 6.33. The molecule has 6 heteroatoms. The predicted octanol–water partition coefficient (Wildman–Crippen LogP) is 1.67. The Bertz CT molecular complexity index is 990. The van der Waals surface area contributed by atoms with Gasteiger partial charge in [-0.25, -0.2) is 0 Å². The van der Waals surface area contributed by atoms with Crippen molar-refractivity contribution in [3.8, 4) is 0 Å². The van der Waals surface area contributed by atoms with E-state index in [4.69, 9.17) is 0 Å². The van der Waals surface area contributed by atoms with Gasteiger partial charge in [-0.3, -0.25) is 24.6 Å². The number of carbonyl (C=O) groups excluding carboxylic acids is 3. The molecule has 2 aromatic carbocycles. The lowest BCUT2D eigenvalue weighted by Crippen LogP contribution is -2.53. The first kappa shape index (κ1) is 17.1. The first-order valence-corrected chi connectivity index (χ1v) is 9.62. The Labute approximate surface area is 162 Å². The molecule has 4 atom stereocenters. The van der Waals surface area contributed by atoms with E-state index >= 15 is 0 Å².